The summed E-state index contributed by atoms with van der Waals surface area (Å²) in [5.41, 5.74) is 1.45. The third-order valence-corrected chi connectivity index (χ3v) is 4.31. The quantitative estimate of drug-likeness (QED) is 0.699. The molecule has 0 heterocycles. The summed E-state index contributed by atoms with van der Waals surface area (Å²) >= 11 is 0. The molecule has 0 saturated heterocycles. The van der Waals surface area contributed by atoms with E-state index in [1.165, 1.54) is 16.8 Å². The minimum atomic E-state index is 0.653. The van der Waals surface area contributed by atoms with Crippen molar-refractivity contribution in [2.24, 2.45) is 0 Å². The van der Waals surface area contributed by atoms with E-state index in [-0.39, 0.29) is 0 Å². The monoisotopic (exact) mass is 224 g/mol. The second kappa shape index (κ2) is 5.66. The molecule has 1 atom stereocenters. The highest BCUT2D eigenvalue weighted by molar-refractivity contribution is 6.53. The van der Waals surface area contributed by atoms with Crippen molar-refractivity contribution < 1.29 is 0 Å². The molecule has 0 aromatic heterocycles. The van der Waals surface area contributed by atoms with Crippen LogP contribution >= 0.6 is 0 Å². The average Bonchev–Trinajstić information content (AvgIpc) is 2.38. The van der Waals surface area contributed by atoms with Crippen LogP contribution in [0.4, 0.5) is 0 Å². The van der Waals surface area contributed by atoms with Crippen molar-refractivity contribution in [1.82, 2.24) is 0 Å². The minimum absolute atomic E-state index is 0.653. The van der Waals surface area contributed by atoms with Crippen LogP contribution in [0.25, 0.3) is 0 Å². The molecule has 2 radical (unpaired) electrons. The highest BCUT2D eigenvalue weighted by Gasteiger charge is 2.05. The lowest BCUT2D eigenvalue weighted by Crippen LogP contribution is -2.14. The van der Waals surface area contributed by atoms with Gasteiger partial charge in [-0.2, -0.15) is 0 Å². The first-order valence-corrected chi connectivity index (χ1v) is 6.91. The zero-order valence-electron chi connectivity index (χ0n) is 9.56. The fraction of sp³-hybridized carbons (Fsp3) is 0.200. The van der Waals surface area contributed by atoms with Gasteiger partial charge in [-0.3, -0.25) is 0 Å². The summed E-state index contributed by atoms with van der Waals surface area (Å²) in [4.78, 5) is 0. The van der Waals surface area contributed by atoms with Gasteiger partial charge < -0.3 is 0 Å². The Morgan fingerprint density at radius 2 is 1.44 bits per heavy atom. The molecule has 0 nitrogen and oxygen atoms in total. The van der Waals surface area contributed by atoms with E-state index in [0.717, 1.165) is 9.52 Å². The predicted octanol–water partition coefficient (Wildman–Crippen LogP) is 3.24. The first kappa shape index (κ1) is 11.2. The third-order valence-electron chi connectivity index (χ3n) is 2.75. The van der Waals surface area contributed by atoms with Crippen molar-refractivity contribution in [3.05, 3.63) is 66.2 Å². The molecule has 1 unspecified atom stereocenters. The number of hydrogen-bond acceptors (Lipinski definition) is 0. The van der Waals surface area contributed by atoms with Crippen molar-refractivity contribution in [3.8, 4) is 0 Å². The standard InChI is InChI=1S/C15H16Si/c1-13(14-8-4-2-5-9-14)12-16-15-10-6-3-7-11-15/h2-11,13H,12H2,1H3. The van der Waals surface area contributed by atoms with Gasteiger partial charge in [-0.15, -0.1) is 0 Å². The van der Waals surface area contributed by atoms with Gasteiger partial charge in [0.1, 0.15) is 0 Å². The lowest BCUT2D eigenvalue weighted by atomic mass is 10.0. The summed E-state index contributed by atoms with van der Waals surface area (Å²) in [7, 11) is 0.910. The largest absolute Gasteiger partial charge is 0.0814 e. The van der Waals surface area contributed by atoms with Crippen LogP contribution in [0.5, 0.6) is 0 Å². The first-order valence-electron chi connectivity index (χ1n) is 5.70. The van der Waals surface area contributed by atoms with Gasteiger partial charge in [0.2, 0.25) is 0 Å². The maximum Gasteiger partial charge on any atom is 0.0814 e. The van der Waals surface area contributed by atoms with Crippen LogP contribution in [0.2, 0.25) is 6.04 Å². The Hall–Kier alpha value is -1.34. The molecule has 2 aromatic carbocycles. The summed E-state index contributed by atoms with van der Waals surface area (Å²) in [5.74, 6) is 0.653. The minimum Gasteiger partial charge on any atom is -0.0642 e. The fourth-order valence-electron chi connectivity index (χ4n) is 1.73. The molecule has 16 heavy (non-hydrogen) atoms. The molecule has 0 spiro atoms. The van der Waals surface area contributed by atoms with Crippen molar-refractivity contribution in [3.63, 3.8) is 0 Å². The second-order valence-corrected chi connectivity index (χ2v) is 5.40. The van der Waals surface area contributed by atoms with Crippen LogP contribution in [0.15, 0.2) is 60.7 Å². The third kappa shape index (κ3) is 3.07. The molecule has 0 aliphatic carbocycles. The van der Waals surface area contributed by atoms with Gasteiger partial charge in [-0.25, -0.2) is 0 Å². The van der Waals surface area contributed by atoms with E-state index in [9.17, 15) is 0 Å². The van der Waals surface area contributed by atoms with E-state index < -0.39 is 0 Å². The van der Waals surface area contributed by atoms with Crippen LogP contribution in [-0.4, -0.2) is 9.52 Å². The zero-order valence-corrected chi connectivity index (χ0v) is 10.6. The molecule has 2 aromatic rings. The van der Waals surface area contributed by atoms with Gasteiger partial charge >= 0.3 is 0 Å². The van der Waals surface area contributed by atoms with Crippen molar-refractivity contribution in [1.29, 1.82) is 0 Å². The Morgan fingerprint density at radius 1 is 0.875 bits per heavy atom. The smallest absolute Gasteiger partial charge is 0.0642 e. The summed E-state index contributed by atoms with van der Waals surface area (Å²) in [6.07, 6.45) is 0. The molecule has 2 rings (SSSR count). The Labute approximate surface area is 100 Å². The molecule has 0 bridgehead atoms. The molecule has 1 heteroatoms. The Bertz CT molecular complexity index is 408. The highest BCUT2D eigenvalue weighted by Crippen LogP contribution is 2.18. The van der Waals surface area contributed by atoms with E-state index in [2.05, 4.69) is 67.6 Å². The zero-order chi connectivity index (χ0) is 11.2. The van der Waals surface area contributed by atoms with E-state index in [1.807, 2.05) is 0 Å². The van der Waals surface area contributed by atoms with Gasteiger partial charge in [0, 0.05) is 0 Å². The van der Waals surface area contributed by atoms with Crippen LogP contribution in [0.3, 0.4) is 0 Å². The van der Waals surface area contributed by atoms with E-state index >= 15 is 0 Å². The van der Waals surface area contributed by atoms with Crippen LogP contribution in [0, 0.1) is 0 Å². The van der Waals surface area contributed by atoms with Crippen LogP contribution in [-0.2, 0) is 0 Å². The summed E-state index contributed by atoms with van der Waals surface area (Å²) < 4.78 is 0. The maximum absolute atomic E-state index is 2.31. The average molecular weight is 224 g/mol. The van der Waals surface area contributed by atoms with Gasteiger partial charge in [0.15, 0.2) is 0 Å². The number of rotatable bonds is 4. The van der Waals surface area contributed by atoms with E-state index in [4.69, 9.17) is 0 Å². The van der Waals surface area contributed by atoms with Gasteiger partial charge in [-0.05, 0) is 11.5 Å². The Kier molecular flexibility index (Phi) is 3.95. The van der Waals surface area contributed by atoms with E-state index in [0.29, 0.717) is 5.92 Å². The molecular weight excluding hydrogens is 208 g/mol. The summed E-state index contributed by atoms with van der Waals surface area (Å²) in [6.45, 7) is 2.31. The SMILES string of the molecule is CC(C[Si]c1ccccc1)c1ccccc1. The van der Waals surface area contributed by atoms with E-state index in [1.54, 1.807) is 0 Å². The van der Waals surface area contributed by atoms with Crippen LogP contribution < -0.4 is 5.19 Å². The molecule has 0 fully saturated rings. The second-order valence-electron chi connectivity index (χ2n) is 4.06. The topological polar surface area (TPSA) is 0 Å². The molecule has 0 saturated carbocycles. The summed E-state index contributed by atoms with van der Waals surface area (Å²) in [5, 5.41) is 1.46. The van der Waals surface area contributed by atoms with Gasteiger partial charge in [0.25, 0.3) is 0 Å². The Morgan fingerprint density at radius 3 is 2.06 bits per heavy atom. The molecule has 0 N–H and O–H groups in total. The lowest BCUT2D eigenvalue weighted by Gasteiger charge is -2.10. The molecule has 0 aliphatic heterocycles. The molecule has 80 valence electrons. The molecule has 0 aliphatic rings. The first-order chi connectivity index (χ1) is 7.86. The molecular formula is C15H16Si. The predicted molar refractivity (Wildman–Crippen MR) is 71.5 cm³/mol. The fourth-order valence-corrected chi connectivity index (χ4v) is 2.93. The van der Waals surface area contributed by atoms with Crippen molar-refractivity contribution in [2.45, 2.75) is 18.9 Å². The summed E-state index contributed by atoms with van der Waals surface area (Å²) in [6, 6.07) is 22.8. The normalized spacial score (nSPS) is 12.3. The van der Waals surface area contributed by atoms with Crippen molar-refractivity contribution >= 4 is 14.7 Å². The molecule has 0 amide bonds. The van der Waals surface area contributed by atoms with Crippen LogP contribution in [0.1, 0.15) is 18.4 Å². The highest BCUT2D eigenvalue weighted by atomic mass is 28.2. The Balaban J connectivity index is 1.92. The number of hydrogen-bond donors (Lipinski definition) is 0. The lowest BCUT2D eigenvalue weighted by molar-refractivity contribution is 0.861. The maximum atomic E-state index is 2.31. The number of benzene rings is 2. The van der Waals surface area contributed by atoms with Gasteiger partial charge in [0.05, 0.1) is 9.52 Å². The van der Waals surface area contributed by atoms with Crippen molar-refractivity contribution in [2.75, 3.05) is 0 Å². The van der Waals surface area contributed by atoms with Gasteiger partial charge in [-0.1, -0.05) is 78.8 Å².